The Bertz CT molecular complexity index is 405. The topological polar surface area (TPSA) is 38.5 Å². The molecule has 0 radical (unpaired) electrons. The third kappa shape index (κ3) is 2.71. The van der Waals surface area contributed by atoms with Gasteiger partial charge in [0.25, 0.3) is 0 Å². The Morgan fingerprint density at radius 1 is 1.56 bits per heavy atom. The van der Waals surface area contributed by atoms with Gasteiger partial charge in [-0.2, -0.15) is 0 Å². The maximum Gasteiger partial charge on any atom is 0.123 e. The maximum absolute atomic E-state index is 13.2. The van der Waals surface area contributed by atoms with Crippen LogP contribution in [0.15, 0.2) is 18.2 Å². The molecule has 1 fully saturated rings. The number of aryl methyl sites for hydroxylation is 1. The van der Waals surface area contributed by atoms with Crippen molar-refractivity contribution < 1.29 is 9.13 Å². The van der Waals surface area contributed by atoms with Gasteiger partial charge in [0.2, 0.25) is 0 Å². The van der Waals surface area contributed by atoms with Crippen LogP contribution in [0.3, 0.4) is 0 Å². The van der Waals surface area contributed by atoms with Crippen LogP contribution in [-0.2, 0) is 4.74 Å². The first-order valence-electron chi connectivity index (χ1n) is 6.39. The van der Waals surface area contributed by atoms with Crippen molar-refractivity contribution in [1.82, 2.24) is 4.90 Å². The number of rotatable bonds is 4. The summed E-state index contributed by atoms with van der Waals surface area (Å²) in [7, 11) is 2.07. The van der Waals surface area contributed by atoms with Crippen molar-refractivity contribution in [2.75, 3.05) is 26.8 Å². The molecule has 1 heterocycles. The highest BCUT2D eigenvalue weighted by Gasteiger charge is 2.27. The molecule has 2 N–H and O–H groups in total. The summed E-state index contributed by atoms with van der Waals surface area (Å²) in [5, 5.41) is 0. The van der Waals surface area contributed by atoms with Gasteiger partial charge in [0.1, 0.15) is 5.82 Å². The molecule has 1 saturated heterocycles. The summed E-state index contributed by atoms with van der Waals surface area (Å²) in [6.07, 6.45) is 1.03. The summed E-state index contributed by atoms with van der Waals surface area (Å²) < 4.78 is 18.6. The third-order valence-electron chi connectivity index (χ3n) is 3.79. The van der Waals surface area contributed by atoms with E-state index in [0.717, 1.165) is 30.8 Å². The minimum Gasteiger partial charge on any atom is -0.380 e. The average molecular weight is 252 g/mol. The molecule has 4 heteroatoms. The predicted octanol–water partition coefficient (Wildman–Crippen LogP) is 1.85. The molecule has 1 aromatic carbocycles. The van der Waals surface area contributed by atoms with Crippen molar-refractivity contribution in [3.8, 4) is 0 Å². The molecule has 1 aliphatic heterocycles. The second-order valence-corrected chi connectivity index (χ2v) is 4.94. The van der Waals surface area contributed by atoms with E-state index in [9.17, 15) is 4.39 Å². The van der Waals surface area contributed by atoms with Gasteiger partial charge < -0.3 is 10.5 Å². The Hall–Kier alpha value is -0.970. The zero-order valence-electron chi connectivity index (χ0n) is 11.0. The number of hydrogen-bond acceptors (Lipinski definition) is 3. The first kappa shape index (κ1) is 13.5. The fourth-order valence-corrected chi connectivity index (χ4v) is 2.62. The summed E-state index contributed by atoms with van der Waals surface area (Å²) in [4.78, 5) is 2.26. The van der Waals surface area contributed by atoms with Gasteiger partial charge in [-0.3, -0.25) is 4.90 Å². The number of hydrogen-bond donors (Lipinski definition) is 1. The van der Waals surface area contributed by atoms with Crippen LogP contribution in [0.1, 0.15) is 23.6 Å². The van der Waals surface area contributed by atoms with Gasteiger partial charge in [-0.25, -0.2) is 4.39 Å². The Labute approximate surface area is 108 Å². The van der Waals surface area contributed by atoms with Crippen molar-refractivity contribution in [2.24, 2.45) is 5.73 Å². The van der Waals surface area contributed by atoms with E-state index in [1.165, 1.54) is 6.07 Å². The second kappa shape index (κ2) is 5.78. The number of nitrogens with two attached hydrogens (primary N) is 1. The molecule has 2 unspecified atom stereocenters. The summed E-state index contributed by atoms with van der Waals surface area (Å²) >= 11 is 0. The quantitative estimate of drug-likeness (QED) is 0.889. The Balaban J connectivity index is 2.21. The summed E-state index contributed by atoms with van der Waals surface area (Å²) in [6.45, 7) is 4.03. The van der Waals surface area contributed by atoms with Crippen LogP contribution in [0.25, 0.3) is 0 Å². The molecule has 0 amide bonds. The maximum atomic E-state index is 13.2. The van der Waals surface area contributed by atoms with Crippen LogP contribution in [0.5, 0.6) is 0 Å². The summed E-state index contributed by atoms with van der Waals surface area (Å²) in [5.41, 5.74) is 7.96. The standard InChI is InChI=1S/C14H21FN2O/c1-10-7-11(15)3-4-13(10)14(8-16)17(2)12-5-6-18-9-12/h3-4,7,12,14H,5-6,8-9,16H2,1-2H3. The van der Waals surface area contributed by atoms with Crippen LogP contribution < -0.4 is 5.73 Å². The van der Waals surface area contributed by atoms with Crippen molar-refractivity contribution in [3.63, 3.8) is 0 Å². The van der Waals surface area contributed by atoms with Crippen LogP contribution >= 0.6 is 0 Å². The lowest BCUT2D eigenvalue weighted by Crippen LogP contribution is -2.39. The number of halogens is 1. The van der Waals surface area contributed by atoms with Gasteiger partial charge in [0.15, 0.2) is 0 Å². The highest BCUT2D eigenvalue weighted by Crippen LogP contribution is 2.26. The zero-order valence-corrected chi connectivity index (χ0v) is 11.0. The monoisotopic (exact) mass is 252 g/mol. The molecule has 0 bridgehead atoms. The lowest BCUT2D eigenvalue weighted by molar-refractivity contribution is 0.134. The lowest BCUT2D eigenvalue weighted by atomic mass is 9.98. The third-order valence-corrected chi connectivity index (χ3v) is 3.79. The summed E-state index contributed by atoms with van der Waals surface area (Å²) in [5.74, 6) is -0.195. The highest BCUT2D eigenvalue weighted by atomic mass is 19.1. The largest absolute Gasteiger partial charge is 0.380 e. The van der Waals surface area contributed by atoms with E-state index in [2.05, 4.69) is 11.9 Å². The van der Waals surface area contributed by atoms with Gasteiger partial charge in [-0.15, -0.1) is 0 Å². The molecular formula is C14H21FN2O. The lowest BCUT2D eigenvalue weighted by Gasteiger charge is -2.32. The van der Waals surface area contributed by atoms with E-state index in [4.69, 9.17) is 10.5 Å². The minimum absolute atomic E-state index is 0.122. The van der Waals surface area contributed by atoms with Crippen molar-refractivity contribution >= 4 is 0 Å². The molecule has 18 heavy (non-hydrogen) atoms. The number of ether oxygens (including phenoxy) is 1. The van der Waals surface area contributed by atoms with Crippen LogP contribution in [0.2, 0.25) is 0 Å². The molecule has 2 atom stereocenters. The van der Waals surface area contributed by atoms with Gasteiger partial charge in [0, 0.05) is 25.2 Å². The van der Waals surface area contributed by atoms with Crippen LogP contribution in [0.4, 0.5) is 4.39 Å². The van der Waals surface area contributed by atoms with Gasteiger partial charge in [-0.05, 0) is 43.7 Å². The Morgan fingerprint density at radius 3 is 2.89 bits per heavy atom. The molecule has 3 nitrogen and oxygen atoms in total. The molecule has 100 valence electrons. The minimum atomic E-state index is -0.195. The smallest absolute Gasteiger partial charge is 0.123 e. The zero-order chi connectivity index (χ0) is 13.1. The van der Waals surface area contributed by atoms with E-state index in [1.54, 1.807) is 6.07 Å². The molecule has 1 aromatic rings. The fraction of sp³-hybridized carbons (Fsp3) is 0.571. The molecular weight excluding hydrogens is 231 g/mol. The predicted molar refractivity (Wildman–Crippen MR) is 69.9 cm³/mol. The van der Waals surface area contributed by atoms with Crippen molar-refractivity contribution in [1.29, 1.82) is 0 Å². The molecule has 0 spiro atoms. The number of benzene rings is 1. The Morgan fingerprint density at radius 2 is 2.33 bits per heavy atom. The average Bonchev–Trinajstić information content (AvgIpc) is 2.86. The van der Waals surface area contributed by atoms with Crippen LogP contribution in [-0.4, -0.2) is 37.7 Å². The van der Waals surface area contributed by atoms with Gasteiger partial charge in [-0.1, -0.05) is 6.07 Å². The SMILES string of the molecule is Cc1cc(F)ccc1C(CN)N(C)C1CCOC1. The molecule has 0 aromatic heterocycles. The van der Waals surface area contributed by atoms with Crippen molar-refractivity contribution in [2.45, 2.75) is 25.4 Å². The second-order valence-electron chi connectivity index (χ2n) is 4.94. The summed E-state index contributed by atoms with van der Waals surface area (Å²) in [6, 6.07) is 5.44. The van der Waals surface area contributed by atoms with Crippen LogP contribution in [0, 0.1) is 12.7 Å². The first-order valence-corrected chi connectivity index (χ1v) is 6.39. The van der Waals surface area contributed by atoms with E-state index in [0.29, 0.717) is 12.6 Å². The van der Waals surface area contributed by atoms with E-state index in [-0.39, 0.29) is 11.9 Å². The van der Waals surface area contributed by atoms with E-state index < -0.39 is 0 Å². The molecule has 0 saturated carbocycles. The number of likely N-dealkylation sites (N-methyl/N-ethyl adjacent to an activating group) is 1. The molecule has 2 rings (SSSR count). The van der Waals surface area contributed by atoms with Gasteiger partial charge >= 0.3 is 0 Å². The van der Waals surface area contributed by atoms with Crippen molar-refractivity contribution in [3.05, 3.63) is 35.1 Å². The normalized spacial score (nSPS) is 21.5. The Kier molecular flexibility index (Phi) is 4.32. The molecule has 1 aliphatic rings. The van der Waals surface area contributed by atoms with E-state index >= 15 is 0 Å². The van der Waals surface area contributed by atoms with Gasteiger partial charge in [0.05, 0.1) is 6.61 Å². The number of nitrogens with zero attached hydrogens (tertiary/aromatic N) is 1. The first-order chi connectivity index (χ1) is 8.63. The fourth-order valence-electron chi connectivity index (χ4n) is 2.62. The van der Waals surface area contributed by atoms with E-state index in [1.807, 2.05) is 13.0 Å². The highest BCUT2D eigenvalue weighted by molar-refractivity contribution is 5.30. The molecule has 0 aliphatic carbocycles.